The second-order valence-electron chi connectivity index (χ2n) is 3.87. The zero-order valence-electron chi connectivity index (χ0n) is 9.16. The van der Waals surface area contributed by atoms with Gasteiger partial charge < -0.3 is 0 Å². The first-order valence-electron chi connectivity index (χ1n) is 5.62. The fraction of sp³-hybridized carbons (Fsp3) is 1.00. The molecular formula is C10H25Si2. The van der Waals surface area contributed by atoms with Crippen LogP contribution in [0.5, 0.6) is 0 Å². The summed E-state index contributed by atoms with van der Waals surface area (Å²) in [4.78, 5) is 0. The van der Waals surface area contributed by atoms with Crippen molar-refractivity contribution in [1.82, 2.24) is 0 Å². The number of hydrogen-bond acceptors (Lipinski definition) is 0. The van der Waals surface area contributed by atoms with Crippen molar-refractivity contribution in [2.75, 3.05) is 0 Å². The minimum Gasteiger partial charge on any atom is -0.0654 e. The first-order valence-corrected chi connectivity index (χ1v) is 11.0. The lowest BCUT2D eigenvalue weighted by molar-refractivity contribution is 0.750. The molecule has 0 spiro atoms. The van der Waals surface area contributed by atoms with Crippen LogP contribution in [0.4, 0.5) is 0 Å². The highest BCUT2D eigenvalue weighted by atomic mass is 29.1. The molecule has 0 aliphatic rings. The van der Waals surface area contributed by atoms with Crippen molar-refractivity contribution >= 4 is 18.1 Å². The molecule has 0 saturated carbocycles. The monoisotopic (exact) mass is 201 g/mol. The van der Waals surface area contributed by atoms with E-state index in [1.165, 1.54) is 48.3 Å². The molecule has 2 heteroatoms. The summed E-state index contributed by atoms with van der Waals surface area (Å²) in [6, 6.07) is 3.24. The summed E-state index contributed by atoms with van der Waals surface area (Å²) in [5.74, 6) is 0. The van der Waals surface area contributed by atoms with E-state index in [-0.39, 0.29) is 8.31 Å². The van der Waals surface area contributed by atoms with Gasteiger partial charge in [-0.25, -0.2) is 0 Å². The fourth-order valence-corrected chi connectivity index (χ4v) is 5.56. The molecule has 0 aromatic rings. The molecule has 1 radical (unpaired) electrons. The van der Waals surface area contributed by atoms with E-state index in [0.717, 1.165) is 0 Å². The van der Waals surface area contributed by atoms with Gasteiger partial charge in [0, 0.05) is 8.31 Å². The minimum absolute atomic E-state index is 0.204. The molecule has 12 heavy (non-hydrogen) atoms. The van der Waals surface area contributed by atoms with Gasteiger partial charge in [0.1, 0.15) is 0 Å². The molecule has 0 atom stereocenters. The van der Waals surface area contributed by atoms with Gasteiger partial charge in [0.25, 0.3) is 0 Å². The summed E-state index contributed by atoms with van der Waals surface area (Å²) in [5, 5.41) is 0. The average Bonchev–Trinajstić information content (AvgIpc) is 2.06. The van der Waals surface area contributed by atoms with Crippen LogP contribution in [0.2, 0.25) is 12.1 Å². The lowest BCUT2D eigenvalue weighted by Crippen LogP contribution is -2.11. The van der Waals surface area contributed by atoms with Crippen LogP contribution in [0, 0.1) is 0 Å². The Morgan fingerprint density at radius 2 is 1.25 bits per heavy atom. The molecule has 0 nitrogen and oxygen atoms in total. The van der Waals surface area contributed by atoms with Crippen LogP contribution in [0.1, 0.15) is 52.4 Å². The van der Waals surface area contributed by atoms with Gasteiger partial charge in [-0.1, -0.05) is 64.5 Å². The highest BCUT2D eigenvalue weighted by Gasteiger charge is 2.02. The summed E-state index contributed by atoms with van der Waals surface area (Å²) < 4.78 is 0. The van der Waals surface area contributed by atoms with E-state index in [4.69, 9.17) is 0 Å². The Bertz CT molecular complexity index is 73.9. The van der Waals surface area contributed by atoms with Crippen molar-refractivity contribution in [2.45, 2.75) is 64.5 Å². The van der Waals surface area contributed by atoms with Crippen LogP contribution in [-0.4, -0.2) is 18.1 Å². The summed E-state index contributed by atoms with van der Waals surface area (Å²) in [7, 11) is 1.73. The molecule has 0 heterocycles. The Hall–Kier alpha value is 0.434. The summed E-state index contributed by atoms with van der Waals surface area (Å²) in [6.45, 7) is 4.60. The number of hydrogen-bond donors (Lipinski definition) is 0. The minimum atomic E-state index is 0.204. The Morgan fingerprint density at radius 3 is 1.58 bits per heavy atom. The van der Waals surface area contributed by atoms with Gasteiger partial charge in [-0.15, -0.1) is 0 Å². The van der Waals surface area contributed by atoms with Gasteiger partial charge >= 0.3 is 0 Å². The zero-order chi connectivity index (χ0) is 9.23. The predicted molar refractivity (Wildman–Crippen MR) is 64.4 cm³/mol. The van der Waals surface area contributed by atoms with Gasteiger partial charge in [-0.05, 0) is 9.76 Å². The molecule has 0 unspecified atom stereocenters. The van der Waals surface area contributed by atoms with E-state index in [0.29, 0.717) is 0 Å². The van der Waals surface area contributed by atoms with Crippen LogP contribution in [0.3, 0.4) is 0 Å². The Labute approximate surface area is 83.0 Å². The standard InChI is InChI=1S/C10H25Si2/c1-3-5-7-9-12(11)10-8-6-4-2/h3-10H2,1-2,11H3. The van der Waals surface area contributed by atoms with E-state index < -0.39 is 0 Å². The fourth-order valence-electron chi connectivity index (χ4n) is 1.48. The molecule has 0 aromatic heterocycles. The summed E-state index contributed by atoms with van der Waals surface area (Å²) >= 11 is 0. The lowest BCUT2D eigenvalue weighted by Gasteiger charge is -2.07. The highest BCUT2D eigenvalue weighted by Crippen LogP contribution is 2.09. The van der Waals surface area contributed by atoms with Gasteiger partial charge in [0.05, 0.1) is 0 Å². The van der Waals surface area contributed by atoms with Crippen molar-refractivity contribution in [3.8, 4) is 0 Å². The Kier molecular flexibility index (Phi) is 9.87. The van der Waals surface area contributed by atoms with E-state index in [2.05, 4.69) is 13.8 Å². The predicted octanol–water partition coefficient (Wildman–Crippen LogP) is 2.72. The normalized spacial score (nSPS) is 11.2. The first kappa shape index (κ1) is 12.4. The Morgan fingerprint density at radius 1 is 0.833 bits per heavy atom. The van der Waals surface area contributed by atoms with E-state index >= 15 is 0 Å². The van der Waals surface area contributed by atoms with Crippen LogP contribution in [0.15, 0.2) is 0 Å². The molecule has 0 aromatic carbocycles. The number of rotatable bonds is 8. The topological polar surface area (TPSA) is 0 Å². The third-order valence-electron chi connectivity index (χ3n) is 2.41. The maximum absolute atomic E-state index is 2.30. The van der Waals surface area contributed by atoms with Crippen molar-refractivity contribution in [3.05, 3.63) is 0 Å². The van der Waals surface area contributed by atoms with Gasteiger partial charge in [0.15, 0.2) is 0 Å². The van der Waals surface area contributed by atoms with Crippen molar-refractivity contribution in [3.63, 3.8) is 0 Å². The molecule has 0 aliphatic heterocycles. The largest absolute Gasteiger partial charge is 0.0654 e. The van der Waals surface area contributed by atoms with Crippen LogP contribution >= 0.6 is 0 Å². The molecule has 0 fully saturated rings. The van der Waals surface area contributed by atoms with Gasteiger partial charge in [-0.2, -0.15) is 0 Å². The SMILES string of the molecule is CCCCC[Si]([SiH3])CCCCC. The maximum Gasteiger partial charge on any atom is 0.0284 e. The van der Waals surface area contributed by atoms with Crippen LogP contribution < -0.4 is 0 Å². The third kappa shape index (κ3) is 8.53. The number of unbranched alkanes of at least 4 members (excludes halogenated alkanes) is 4. The van der Waals surface area contributed by atoms with Gasteiger partial charge in [-0.3, -0.25) is 0 Å². The molecular weight excluding hydrogens is 176 g/mol. The average molecular weight is 201 g/mol. The lowest BCUT2D eigenvalue weighted by atomic mass is 10.3. The van der Waals surface area contributed by atoms with Crippen LogP contribution in [0.25, 0.3) is 0 Å². The maximum atomic E-state index is 2.30. The zero-order valence-corrected chi connectivity index (χ0v) is 12.2. The second kappa shape index (κ2) is 9.52. The molecule has 0 bridgehead atoms. The van der Waals surface area contributed by atoms with E-state index in [1.54, 1.807) is 12.1 Å². The molecule has 73 valence electrons. The van der Waals surface area contributed by atoms with Crippen molar-refractivity contribution in [2.24, 2.45) is 0 Å². The molecule has 0 N–H and O–H groups in total. The van der Waals surface area contributed by atoms with Gasteiger partial charge in [0.2, 0.25) is 0 Å². The van der Waals surface area contributed by atoms with E-state index in [1.807, 2.05) is 0 Å². The van der Waals surface area contributed by atoms with Crippen LogP contribution in [-0.2, 0) is 0 Å². The highest BCUT2D eigenvalue weighted by molar-refractivity contribution is 7.03. The summed E-state index contributed by atoms with van der Waals surface area (Å²) in [6.07, 6.45) is 8.80. The Balaban J connectivity index is 3.04. The second-order valence-corrected chi connectivity index (χ2v) is 11.0. The molecule has 0 amide bonds. The quantitative estimate of drug-likeness (QED) is 0.418. The third-order valence-corrected chi connectivity index (χ3v) is 7.83. The smallest absolute Gasteiger partial charge is 0.0284 e. The van der Waals surface area contributed by atoms with E-state index in [9.17, 15) is 0 Å². The first-order chi connectivity index (χ1) is 5.81. The molecule has 0 saturated heterocycles. The van der Waals surface area contributed by atoms with Crippen molar-refractivity contribution in [1.29, 1.82) is 0 Å². The summed E-state index contributed by atoms with van der Waals surface area (Å²) in [5.41, 5.74) is 0. The molecule has 0 rings (SSSR count). The molecule has 0 aliphatic carbocycles. The van der Waals surface area contributed by atoms with Crippen molar-refractivity contribution < 1.29 is 0 Å².